The van der Waals surface area contributed by atoms with Crippen molar-refractivity contribution in [3.63, 3.8) is 0 Å². The molecule has 148 valence electrons. The van der Waals surface area contributed by atoms with Crippen molar-refractivity contribution in [2.75, 3.05) is 32.7 Å². The predicted octanol–water partition coefficient (Wildman–Crippen LogP) is 1.46. The first-order chi connectivity index (χ1) is 12.9. The van der Waals surface area contributed by atoms with E-state index in [2.05, 4.69) is 12.2 Å². The Hall–Kier alpha value is -1.93. The second-order valence-electron chi connectivity index (χ2n) is 7.41. The topological polar surface area (TPSA) is 86.8 Å². The van der Waals surface area contributed by atoms with Crippen molar-refractivity contribution < 1.29 is 18.0 Å². The fourth-order valence-electron chi connectivity index (χ4n) is 3.64. The molecule has 2 aliphatic rings. The number of amides is 2. The summed E-state index contributed by atoms with van der Waals surface area (Å²) in [7, 11) is -3.49. The van der Waals surface area contributed by atoms with Crippen LogP contribution in [0.1, 0.15) is 43.0 Å². The smallest absolute Gasteiger partial charge is 0.251 e. The van der Waals surface area contributed by atoms with Gasteiger partial charge in [-0.25, -0.2) is 8.42 Å². The molecule has 27 heavy (non-hydrogen) atoms. The number of nitrogens with one attached hydrogen (secondary N) is 1. The maximum atomic E-state index is 12.5. The van der Waals surface area contributed by atoms with Gasteiger partial charge in [-0.2, -0.15) is 4.31 Å². The van der Waals surface area contributed by atoms with E-state index in [1.165, 1.54) is 28.6 Å². The highest BCUT2D eigenvalue weighted by Crippen LogP contribution is 2.21. The number of nitrogens with zero attached hydrogens (tertiary/aromatic N) is 2. The molecule has 0 spiro atoms. The SMILES string of the molecule is CC1CCCN(C(=O)CNC(=O)c2ccc(S(=O)(=O)N3CCCC3)cc2)C1. The maximum absolute atomic E-state index is 12.5. The molecule has 2 saturated heterocycles. The van der Waals surface area contributed by atoms with Gasteiger partial charge in [0.1, 0.15) is 0 Å². The van der Waals surface area contributed by atoms with Crippen LogP contribution in [0.15, 0.2) is 29.2 Å². The first kappa shape index (κ1) is 19.8. The molecule has 0 saturated carbocycles. The molecular formula is C19H27N3O4S. The van der Waals surface area contributed by atoms with E-state index in [1.54, 1.807) is 4.90 Å². The summed E-state index contributed by atoms with van der Waals surface area (Å²) in [6.45, 7) is 4.64. The molecule has 0 aromatic heterocycles. The second kappa shape index (κ2) is 8.39. The van der Waals surface area contributed by atoms with Crippen LogP contribution < -0.4 is 5.32 Å². The fraction of sp³-hybridized carbons (Fsp3) is 0.579. The maximum Gasteiger partial charge on any atom is 0.251 e. The molecule has 0 aliphatic carbocycles. The third-order valence-corrected chi connectivity index (χ3v) is 7.14. The third kappa shape index (κ3) is 4.68. The van der Waals surface area contributed by atoms with E-state index in [9.17, 15) is 18.0 Å². The van der Waals surface area contributed by atoms with Gasteiger partial charge in [-0.15, -0.1) is 0 Å². The van der Waals surface area contributed by atoms with Crippen molar-refractivity contribution in [3.05, 3.63) is 29.8 Å². The zero-order valence-corrected chi connectivity index (χ0v) is 16.5. The number of carbonyl (C=O) groups excluding carboxylic acids is 2. The van der Waals surface area contributed by atoms with Crippen LogP contribution in [-0.4, -0.2) is 62.2 Å². The van der Waals surface area contributed by atoms with Crippen molar-refractivity contribution in [2.45, 2.75) is 37.5 Å². The third-order valence-electron chi connectivity index (χ3n) is 5.23. The summed E-state index contributed by atoms with van der Waals surface area (Å²) < 4.78 is 26.5. The Labute approximate surface area is 160 Å². The first-order valence-corrected chi connectivity index (χ1v) is 11.0. The van der Waals surface area contributed by atoms with Gasteiger partial charge in [-0.3, -0.25) is 9.59 Å². The molecule has 1 atom stereocenters. The molecule has 7 nitrogen and oxygen atoms in total. The summed E-state index contributed by atoms with van der Waals surface area (Å²) in [4.78, 5) is 26.5. The Bertz CT molecular complexity index is 786. The number of likely N-dealkylation sites (tertiary alicyclic amines) is 1. The molecule has 3 rings (SSSR count). The van der Waals surface area contributed by atoms with Gasteiger partial charge < -0.3 is 10.2 Å². The number of carbonyl (C=O) groups is 2. The summed E-state index contributed by atoms with van der Waals surface area (Å²) in [6, 6.07) is 5.89. The minimum Gasteiger partial charge on any atom is -0.343 e. The largest absolute Gasteiger partial charge is 0.343 e. The van der Waals surface area contributed by atoms with Gasteiger partial charge in [0.15, 0.2) is 0 Å². The average Bonchev–Trinajstić information content (AvgIpc) is 3.21. The number of rotatable bonds is 5. The van der Waals surface area contributed by atoms with E-state index < -0.39 is 10.0 Å². The minimum absolute atomic E-state index is 0.0423. The van der Waals surface area contributed by atoms with E-state index in [-0.39, 0.29) is 23.3 Å². The lowest BCUT2D eigenvalue weighted by Gasteiger charge is -2.31. The molecule has 1 aromatic rings. The fourth-order valence-corrected chi connectivity index (χ4v) is 5.16. The van der Waals surface area contributed by atoms with Crippen molar-refractivity contribution in [1.29, 1.82) is 0 Å². The van der Waals surface area contributed by atoms with E-state index in [1.807, 2.05) is 0 Å². The zero-order valence-electron chi connectivity index (χ0n) is 15.7. The van der Waals surface area contributed by atoms with E-state index in [0.717, 1.165) is 38.8 Å². The number of sulfonamides is 1. The zero-order chi connectivity index (χ0) is 19.4. The van der Waals surface area contributed by atoms with Crippen LogP contribution in [0.2, 0.25) is 0 Å². The Morgan fingerprint density at radius 1 is 1.07 bits per heavy atom. The molecule has 0 bridgehead atoms. The Balaban J connectivity index is 1.56. The van der Waals surface area contributed by atoms with Crippen molar-refractivity contribution >= 4 is 21.8 Å². The monoisotopic (exact) mass is 393 g/mol. The molecule has 1 unspecified atom stereocenters. The highest BCUT2D eigenvalue weighted by atomic mass is 32.2. The lowest BCUT2D eigenvalue weighted by Crippen LogP contribution is -2.44. The standard InChI is InChI=1S/C19H27N3O4S/c1-15-5-4-10-21(14-15)18(23)13-20-19(24)16-6-8-17(9-7-16)27(25,26)22-11-2-3-12-22/h6-9,15H,2-5,10-14H2,1H3,(H,20,24). The van der Waals surface area contributed by atoms with Gasteiger partial charge >= 0.3 is 0 Å². The molecule has 1 N–H and O–H groups in total. The van der Waals surface area contributed by atoms with Gasteiger partial charge in [0.25, 0.3) is 5.91 Å². The van der Waals surface area contributed by atoms with Crippen molar-refractivity contribution in [3.8, 4) is 0 Å². The lowest BCUT2D eigenvalue weighted by atomic mass is 10.0. The van der Waals surface area contributed by atoms with Crippen molar-refractivity contribution in [1.82, 2.24) is 14.5 Å². The molecule has 2 amide bonds. The van der Waals surface area contributed by atoms with Crippen LogP contribution in [0, 0.1) is 5.92 Å². The number of benzene rings is 1. The van der Waals surface area contributed by atoms with Crippen molar-refractivity contribution in [2.24, 2.45) is 5.92 Å². The Morgan fingerprint density at radius 2 is 1.74 bits per heavy atom. The summed E-state index contributed by atoms with van der Waals surface area (Å²) in [6.07, 6.45) is 3.88. The molecule has 8 heteroatoms. The summed E-state index contributed by atoms with van der Waals surface area (Å²) in [5.74, 6) is 0.0326. The highest BCUT2D eigenvalue weighted by molar-refractivity contribution is 7.89. The van der Waals surface area contributed by atoms with Crippen LogP contribution in [0.5, 0.6) is 0 Å². The van der Waals surface area contributed by atoms with Crippen LogP contribution in [-0.2, 0) is 14.8 Å². The molecule has 1 aromatic carbocycles. The number of hydrogen-bond acceptors (Lipinski definition) is 4. The summed E-state index contributed by atoms with van der Waals surface area (Å²) in [5.41, 5.74) is 0.343. The minimum atomic E-state index is -3.49. The second-order valence-corrected chi connectivity index (χ2v) is 9.34. The highest BCUT2D eigenvalue weighted by Gasteiger charge is 2.27. The van der Waals surface area contributed by atoms with E-state index >= 15 is 0 Å². The van der Waals surface area contributed by atoms with Gasteiger partial charge in [-0.05, 0) is 55.9 Å². The van der Waals surface area contributed by atoms with Gasteiger partial charge in [0.2, 0.25) is 15.9 Å². The summed E-state index contributed by atoms with van der Waals surface area (Å²) >= 11 is 0. The normalized spacial score (nSPS) is 21.2. The van der Waals surface area contributed by atoms with Gasteiger partial charge in [-0.1, -0.05) is 6.92 Å². The predicted molar refractivity (Wildman–Crippen MR) is 102 cm³/mol. The van der Waals surface area contributed by atoms with E-state index in [4.69, 9.17) is 0 Å². The lowest BCUT2D eigenvalue weighted by molar-refractivity contribution is -0.131. The average molecular weight is 394 g/mol. The number of hydrogen-bond donors (Lipinski definition) is 1. The number of piperidine rings is 1. The van der Waals surface area contributed by atoms with Crippen LogP contribution in [0.25, 0.3) is 0 Å². The molecular weight excluding hydrogens is 366 g/mol. The van der Waals surface area contributed by atoms with E-state index in [0.29, 0.717) is 24.6 Å². The molecule has 2 aliphatic heterocycles. The molecule has 0 radical (unpaired) electrons. The van der Waals surface area contributed by atoms with Crippen LogP contribution >= 0.6 is 0 Å². The first-order valence-electron chi connectivity index (χ1n) is 9.54. The Kier molecular flexibility index (Phi) is 6.16. The quantitative estimate of drug-likeness (QED) is 0.821. The van der Waals surface area contributed by atoms with Gasteiger partial charge in [0.05, 0.1) is 11.4 Å². The molecule has 2 fully saturated rings. The summed E-state index contributed by atoms with van der Waals surface area (Å²) in [5, 5.41) is 2.63. The van der Waals surface area contributed by atoms with Crippen LogP contribution in [0.3, 0.4) is 0 Å². The van der Waals surface area contributed by atoms with Gasteiger partial charge in [0, 0.05) is 31.7 Å². The Morgan fingerprint density at radius 3 is 2.37 bits per heavy atom. The van der Waals surface area contributed by atoms with Crippen LogP contribution in [0.4, 0.5) is 0 Å². The molecule has 2 heterocycles.